The van der Waals surface area contributed by atoms with Crippen LogP contribution in [0.15, 0.2) is 0 Å². The van der Waals surface area contributed by atoms with Crippen molar-refractivity contribution in [2.24, 2.45) is 5.92 Å². The van der Waals surface area contributed by atoms with Gasteiger partial charge in [-0.05, 0) is 39.0 Å². The molecule has 156 valence electrons. The molecule has 0 aromatic carbocycles. The predicted octanol–water partition coefficient (Wildman–Crippen LogP) is 2.07. The van der Waals surface area contributed by atoms with E-state index in [1.165, 1.54) is 0 Å². The van der Waals surface area contributed by atoms with Crippen molar-refractivity contribution in [3.8, 4) is 0 Å². The van der Waals surface area contributed by atoms with Crippen molar-refractivity contribution in [1.82, 2.24) is 20.9 Å². The molecule has 0 radical (unpaired) electrons. The molecule has 0 bridgehead atoms. The minimum absolute atomic E-state index is 0.118. The van der Waals surface area contributed by atoms with Crippen LogP contribution >= 0.6 is 0 Å². The van der Waals surface area contributed by atoms with Gasteiger partial charge < -0.3 is 30.3 Å². The summed E-state index contributed by atoms with van der Waals surface area (Å²) in [4.78, 5) is 37.4. The van der Waals surface area contributed by atoms with E-state index in [-0.39, 0.29) is 18.1 Å². The molecule has 2 atom stereocenters. The summed E-state index contributed by atoms with van der Waals surface area (Å²) in [6.45, 7) is 9.60. The highest BCUT2D eigenvalue weighted by atomic mass is 16.6. The fraction of sp³-hybridized carbons (Fsp3) is 0.833. The molecule has 1 heterocycles. The van der Waals surface area contributed by atoms with Crippen molar-refractivity contribution in [2.45, 2.75) is 59.0 Å². The smallest absolute Gasteiger partial charge is 0.407 e. The maximum absolute atomic E-state index is 12.5. The first kappa shape index (κ1) is 22.9. The third kappa shape index (κ3) is 9.35. The van der Waals surface area contributed by atoms with Gasteiger partial charge in [-0.3, -0.25) is 0 Å². The monoisotopic (exact) mass is 386 g/mol. The van der Waals surface area contributed by atoms with Crippen LogP contribution in [0.4, 0.5) is 14.4 Å². The highest BCUT2D eigenvalue weighted by Crippen LogP contribution is 2.11. The Bertz CT molecular complexity index is 486. The molecule has 1 saturated heterocycles. The zero-order valence-electron chi connectivity index (χ0n) is 16.9. The summed E-state index contributed by atoms with van der Waals surface area (Å²) in [5.74, 6) is 0.363. The Kier molecular flexibility index (Phi) is 10.4. The number of hydrogen-bond donors (Lipinski definition) is 3. The van der Waals surface area contributed by atoms with Gasteiger partial charge in [0.1, 0.15) is 0 Å². The number of carbonyl (C=O) groups is 3. The first-order valence-electron chi connectivity index (χ1n) is 9.75. The Morgan fingerprint density at radius 2 is 1.78 bits per heavy atom. The van der Waals surface area contributed by atoms with Gasteiger partial charge in [-0.2, -0.15) is 0 Å². The molecule has 4 amide bonds. The zero-order chi connectivity index (χ0) is 20.2. The number of likely N-dealkylation sites (tertiary alicyclic amines) is 1. The number of alkyl carbamates (subject to hydrolysis) is 2. The average molecular weight is 386 g/mol. The summed E-state index contributed by atoms with van der Waals surface area (Å²) in [7, 11) is 0. The molecule has 9 nitrogen and oxygen atoms in total. The number of hydrogen-bond acceptors (Lipinski definition) is 5. The number of piperidine rings is 1. The Morgan fingerprint density at radius 1 is 1.11 bits per heavy atom. The minimum atomic E-state index is -0.478. The van der Waals surface area contributed by atoms with Gasteiger partial charge in [-0.25, -0.2) is 14.4 Å². The van der Waals surface area contributed by atoms with E-state index in [0.29, 0.717) is 38.8 Å². The van der Waals surface area contributed by atoms with Crippen molar-refractivity contribution in [3.63, 3.8) is 0 Å². The molecule has 0 unspecified atom stereocenters. The number of nitrogens with zero attached hydrogens (tertiary/aromatic N) is 1. The molecular weight excluding hydrogens is 352 g/mol. The van der Waals surface area contributed by atoms with Crippen molar-refractivity contribution in [3.05, 3.63) is 0 Å². The lowest BCUT2D eigenvalue weighted by Crippen LogP contribution is -2.54. The van der Waals surface area contributed by atoms with E-state index in [1.807, 2.05) is 0 Å². The van der Waals surface area contributed by atoms with Crippen LogP contribution in [0.5, 0.6) is 0 Å². The topological polar surface area (TPSA) is 109 Å². The molecule has 9 heteroatoms. The zero-order valence-corrected chi connectivity index (χ0v) is 16.9. The second-order valence-corrected chi connectivity index (χ2v) is 7.03. The largest absolute Gasteiger partial charge is 0.450 e. The Labute approximate surface area is 161 Å². The van der Waals surface area contributed by atoms with Crippen LogP contribution in [0.2, 0.25) is 0 Å². The van der Waals surface area contributed by atoms with Crippen LogP contribution in [0, 0.1) is 5.92 Å². The van der Waals surface area contributed by atoms with Gasteiger partial charge >= 0.3 is 18.2 Å². The van der Waals surface area contributed by atoms with Crippen molar-refractivity contribution >= 4 is 18.2 Å². The van der Waals surface area contributed by atoms with E-state index < -0.39 is 12.2 Å². The summed E-state index contributed by atoms with van der Waals surface area (Å²) >= 11 is 0. The summed E-state index contributed by atoms with van der Waals surface area (Å²) < 4.78 is 9.81. The van der Waals surface area contributed by atoms with Crippen molar-refractivity contribution in [2.75, 3.05) is 32.8 Å². The fourth-order valence-corrected chi connectivity index (χ4v) is 3.04. The maximum atomic E-state index is 12.5. The fourth-order valence-electron chi connectivity index (χ4n) is 3.04. The lowest BCUT2D eigenvalue weighted by Gasteiger charge is -2.33. The minimum Gasteiger partial charge on any atom is -0.450 e. The number of nitrogens with one attached hydrogen (secondary N) is 3. The van der Waals surface area contributed by atoms with E-state index in [1.54, 1.807) is 18.7 Å². The number of rotatable bonds is 8. The number of ether oxygens (including phenoxy) is 2. The average Bonchev–Trinajstić information content (AvgIpc) is 2.59. The van der Waals surface area contributed by atoms with Gasteiger partial charge in [-0.1, -0.05) is 13.8 Å². The number of urea groups is 1. The molecule has 0 saturated carbocycles. The van der Waals surface area contributed by atoms with E-state index in [4.69, 9.17) is 9.47 Å². The molecule has 1 rings (SSSR count). The Balaban J connectivity index is 2.49. The number of carbonyl (C=O) groups excluding carboxylic acids is 3. The third-order valence-corrected chi connectivity index (χ3v) is 4.16. The van der Waals surface area contributed by atoms with Gasteiger partial charge in [0.05, 0.1) is 13.2 Å². The second-order valence-electron chi connectivity index (χ2n) is 7.03. The predicted molar refractivity (Wildman–Crippen MR) is 102 cm³/mol. The molecule has 1 aliphatic rings. The third-order valence-electron chi connectivity index (χ3n) is 4.16. The van der Waals surface area contributed by atoms with Gasteiger partial charge in [0.2, 0.25) is 0 Å². The summed E-state index contributed by atoms with van der Waals surface area (Å²) in [6.07, 6.45) is 1.41. The molecule has 0 aromatic heterocycles. The van der Waals surface area contributed by atoms with E-state index in [9.17, 15) is 14.4 Å². The lowest BCUT2D eigenvalue weighted by atomic mass is 10.0. The SMILES string of the molecule is CCOC(=O)N[C@H](CNC(=O)N1CCC[C@@H](NC(=O)OCC)C1)CC(C)C. The van der Waals surface area contributed by atoms with Crippen molar-refractivity contribution in [1.29, 1.82) is 0 Å². The van der Waals surface area contributed by atoms with Crippen molar-refractivity contribution < 1.29 is 23.9 Å². The standard InChI is InChI=1S/C18H34N4O5/c1-5-26-17(24)20-14-8-7-9-22(12-14)16(23)19-11-15(10-13(3)4)21-18(25)27-6-2/h13-15H,5-12H2,1-4H3,(H,19,23)(H,20,24)(H,21,25)/t14-,15+/m1/s1. The molecule has 0 aromatic rings. The van der Waals surface area contributed by atoms with Gasteiger partial charge in [0.25, 0.3) is 0 Å². The molecule has 3 N–H and O–H groups in total. The van der Waals surface area contributed by atoms with Gasteiger partial charge in [0.15, 0.2) is 0 Å². The molecule has 27 heavy (non-hydrogen) atoms. The first-order chi connectivity index (χ1) is 12.8. The quantitative estimate of drug-likeness (QED) is 0.592. The summed E-state index contributed by atoms with van der Waals surface area (Å²) in [5, 5.41) is 8.45. The Morgan fingerprint density at radius 3 is 2.41 bits per heavy atom. The normalized spacial score (nSPS) is 17.8. The highest BCUT2D eigenvalue weighted by molar-refractivity contribution is 5.75. The van der Waals surface area contributed by atoms with Crippen LogP contribution < -0.4 is 16.0 Å². The van der Waals surface area contributed by atoms with Crippen LogP contribution in [0.25, 0.3) is 0 Å². The Hall–Kier alpha value is -2.19. The molecule has 1 aliphatic heterocycles. The lowest BCUT2D eigenvalue weighted by molar-refractivity contribution is 0.135. The van der Waals surface area contributed by atoms with E-state index in [0.717, 1.165) is 19.3 Å². The van der Waals surface area contributed by atoms with Crippen LogP contribution in [0.3, 0.4) is 0 Å². The van der Waals surface area contributed by atoms with Gasteiger partial charge in [0, 0.05) is 31.7 Å². The van der Waals surface area contributed by atoms with Crippen LogP contribution in [-0.2, 0) is 9.47 Å². The molecule has 1 fully saturated rings. The molecule has 0 spiro atoms. The first-order valence-corrected chi connectivity index (χ1v) is 9.75. The van der Waals surface area contributed by atoms with Crippen LogP contribution in [-0.4, -0.2) is 68.0 Å². The van der Waals surface area contributed by atoms with Crippen LogP contribution in [0.1, 0.15) is 47.0 Å². The highest BCUT2D eigenvalue weighted by Gasteiger charge is 2.25. The van der Waals surface area contributed by atoms with Gasteiger partial charge in [-0.15, -0.1) is 0 Å². The van der Waals surface area contributed by atoms with E-state index in [2.05, 4.69) is 29.8 Å². The second kappa shape index (κ2) is 12.2. The molecular formula is C18H34N4O5. The van der Waals surface area contributed by atoms with E-state index >= 15 is 0 Å². The molecule has 0 aliphatic carbocycles. The summed E-state index contributed by atoms with van der Waals surface area (Å²) in [5.41, 5.74) is 0. The maximum Gasteiger partial charge on any atom is 0.407 e. The summed E-state index contributed by atoms with van der Waals surface area (Å²) in [6, 6.07) is -0.524. The number of amides is 4.